The lowest BCUT2D eigenvalue weighted by Crippen LogP contribution is -2.61. The number of nitrogens with zero attached hydrogens (tertiary/aromatic N) is 2. The van der Waals surface area contributed by atoms with Crippen LogP contribution in [0.15, 0.2) is 36.5 Å². The van der Waals surface area contributed by atoms with E-state index >= 15 is 0 Å². The van der Waals surface area contributed by atoms with Crippen molar-refractivity contribution < 1.29 is 30.0 Å². The van der Waals surface area contributed by atoms with Crippen LogP contribution in [-0.2, 0) is 9.59 Å². The number of carbonyl (C=O) groups excluding carboxylic acids is 2. The largest absolute Gasteiger partial charge is 0.392 e. The first kappa shape index (κ1) is 47.9. The number of aliphatic hydroxyl groups is 4. The molecule has 1 heterocycles. The highest BCUT2D eigenvalue weighted by Crippen LogP contribution is 2.17. The van der Waals surface area contributed by atoms with Gasteiger partial charge >= 0.3 is 0 Å². The van der Waals surface area contributed by atoms with Crippen LogP contribution in [0.1, 0.15) is 99.8 Å². The monoisotopic (exact) mass is 736 g/mol. The summed E-state index contributed by atoms with van der Waals surface area (Å²) in [5.74, 6) is 0.0865. The molecular weight excluding hydrogens is 658 g/mol. The molecule has 0 bridgehead atoms. The fourth-order valence-electron chi connectivity index (χ4n) is 6.49. The lowest BCUT2D eigenvalue weighted by Gasteiger charge is -2.31. The summed E-state index contributed by atoms with van der Waals surface area (Å²) >= 11 is 0. The maximum absolute atomic E-state index is 13.0. The first-order valence-electron chi connectivity index (χ1n) is 20.2. The van der Waals surface area contributed by atoms with Crippen molar-refractivity contribution in [3.8, 4) is 0 Å². The molecule has 1 aliphatic heterocycles. The first-order chi connectivity index (χ1) is 24.8. The van der Waals surface area contributed by atoms with Gasteiger partial charge in [0.25, 0.3) is 0 Å². The molecule has 9 atom stereocenters. The number of aliphatic hydroxyl groups excluding tert-OH is 4. The second-order valence-electron chi connectivity index (χ2n) is 15.3. The highest BCUT2D eigenvalue weighted by molar-refractivity contribution is 5.96. The van der Waals surface area contributed by atoms with E-state index in [1.165, 1.54) is 0 Å². The van der Waals surface area contributed by atoms with Crippen LogP contribution in [0.3, 0.4) is 0 Å². The maximum atomic E-state index is 13.0. The van der Waals surface area contributed by atoms with E-state index in [9.17, 15) is 30.0 Å². The Morgan fingerprint density at radius 1 is 0.692 bits per heavy atom. The van der Waals surface area contributed by atoms with Gasteiger partial charge in [-0.05, 0) is 84.3 Å². The lowest BCUT2D eigenvalue weighted by atomic mass is 9.98. The molecule has 11 heteroatoms. The van der Waals surface area contributed by atoms with E-state index in [2.05, 4.69) is 58.7 Å². The van der Waals surface area contributed by atoms with E-state index in [4.69, 9.17) is 0 Å². The van der Waals surface area contributed by atoms with Crippen molar-refractivity contribution in [2.24, 2.45) is 23.7 Å². The van der Waals surface area contributed by atoms with E-state index in [0.717, 1.165) is 32.2 Å². The number of amides is 2. The van der Waals surface area contributed by atoms with Gasteiger partial charge in [0.05, 0.1) is 24.4 Å². The van der Waals surface area contributed by atoms with Crippen LogP contribution >= 0.6 is 0 Å². The topological polar surface area (TPSA) is 158 Å². The van der Waals surface area contributed by atoms with E-state index in [-0.39, 0.29) is 29.6 Å². The SMILES string of the molecule is C/C=C\C(CC)C(O)CN(CCCCC1NC(=O)C(CCCCN(CC(O)C(C)/C=C\CNC)CC(O)C(C)/C=C\C(C)C)NC1=O)CC(O)CC. The van der Waals surface area contributed by atoms with Gasteiger partial charge in [-0.3, -0.25) is 19.4 Å². The molecule has 0 spiro atoms. The van der Waals surface area contributed by atoms with Gasteiger partial charge in [0.1, 0.15) is 12.1 Å². The molecule has 0 aromatic heterocycles. The fraction of sp³-hybridized carbons (Fsp3) is 0.805. The van der Waals surface area contributed by atoms with Gasteiger partial charge in [-0.15, -0.1) is 0 Å². The molecule has 1 rings (SSSR count). The van der Waals surface area contributed by atoms with E-state index < -0.39 is 36.5 Å². The molecule has 0 radical (unpaired) electrons. The number of hydrogen-bond acceptors (Lipinski definition) is 9. The highest BCUT2D eigenvalue weighted by atomic mass is 16.3. The molecular formula is C41H77N5O6. The third-order valence-electron chi connectivity index (χ3n) is 10.2. The number of unbranched alkanes of at least 4 members (excludes halogenated alkanes) is 2. The number of nitrogens with one attached hydrogen (secondary N) is 3. The second kappa shape index (κ2) is 27.5. The number of allylic oxidation sites excluding steroid dienone is 2. The Kier molecular flexibility index (Phi) is 25.3. The van der Waals surface area contributed by atoms with Crippen molar-refractivity contribution in [3.63, 3.8) is 0 Å². The molecule has 2 amide bonds. The van der Waals surface area contributed by atoms with Crippen molar-refractivity contribution in [1.29, 1.82) is 0 Å². The molecule has 0 aliphatic carbocycles. The molecule has 1 aliphatic rings. The molecule has 302 valence electrons. The zero-order valence-corrected chi connectivity index (χ0v) is 33.8. The molecule has 7 N–H and O–H groups in total. The van der Waals surface area contributed by atoms with Crippen molar-refractivity contribution in [1.82, 2.24) is 25.8 Å². The second-order valence-corrected chi connectivity index (χ2v) is 15.3. The summed E-state index contributed by atoms with van der Waals surface area (Å²) in [5, 5.41) is 52.0. The van der Waals surface area contributed by atoms with Crippen molar-refractivity contribution in [2.75, 3.05) is 52.9 Å². The van der Waals surface area contributed by atoms with Crippen molar-refractivity contribution >= 4 is 11.8 Å². The molecule has 0 aromatic carbocycles. The molecule has 9 unspecified atom stereocenters. The number of likely N-dealkylation sites (N-methyl/N-ethyl adjacent to an activating group) is 1. The predicted molar refractivity (Wildman–Crippen MR) is 213 cm³/mol. The minimum atomic E-state index is -0.587. The summed E-state index contributed by atoms with van der Waals surface area (Å²) in [6.45, 7) is 18.1. The van der Waals surface area contributed by atoms with Gasteiger partial charge in [0.15, 0.2) is 0 Å². The van der Waals surface area contributed by atoms with Crippen molar-refractivity contribution in [2.45, 2.75) is 136 Å². The van der Waals surface area contributed by atoms with Crippen LogP contribution < -0.4 is 16.0 Å². The summed E-state index contributed by atoms with van der Waals surface area (Å²) in [6.07, 6.45) is 15.5. The summed E-state index contributed by atoms with van der Waals surface area (Å²) < 4.78 is 0. The van der Waals surface area contributed by atoms with Gasteiger partial charge in [-0.2, -0.15) is 0 Å². The maximum Gasteiger partial charge on any atom is 0.243 e. The van der Waals surface area contributed by atoms with Gasteiger partial charge in [-0.1, -0.05) is 78.0 Å². The molecule has 0 aromatic rings. The summed E-state index contributed by atoms with van der Waals surface area (Å²) in [4.78, 5) is 30.2. The fourth-order valence-corrected chi connectivity index (χ4v) is 6.49. The van der Waals surface area contributed by atoms with Crippen molar-refractivity contribution in [3.05, 3.63) is 36.5 Å². The lowest BCUT2D eigenvalue weighted by molar-refractivity contribution is -0.137. The number of piperazine rings is 1. The molecule has 52 heavy (non-hydrogen) atoms. The zero-order chi connectivity index (χ0) is 39.1. The smallest absolute Gasteiger partial charge is 0.243 e. The Hall–Kier alpha value is -2.12. The average Bonchev–Trinajstić information content (AvgIpc) is 3.10. The van der Waals surface area contributed by atoms with E-state index in [0.29, 0.717) is 70.9 Å². The minimum Gasteiger partial charge on any atom is -0.392 e. The quantitative estimate of drug-likeness (QED) is 0.0451. The first-order valence-corrected chi connectivity index (χ1v) is 20.2. The van der Waals surface area contributed by atoms with Gasteiger partial charge in [0.2, 0.25) is 11.8 Å². The average molecular weight is 736 g/mol. The number of carbonyl (C=O) groups is 2. The van der Waals surface area contributed by atoms with Crippen LogP contribution in [0.25, 0.3) is 0 Å². The molecule has 1 saturated heterocycles. The summed E-state index contributed by atoms with van der Waals surface area (Å²) in [6, 6.07) is -1.15. The van der Waals surface area contributed by atoms with E-state index in [1.807, 2.05) is 59.0 Å². The predicted octanol–water partition coefficient (Wildman–Crippen LogP) is 3.63. The molecule has 0 saturated carbocycles. The third-order valence-corrected chi connectivity index (χ3v) is 10.2. The van der Waals surface area contributed by atoms with Crippen LogP contribution in [0, 0.1) is 23.7 Å². The Morgan fingerprint density at radius 3 is 1.65 bits per heavy atom. The molecule has 1 fully saturated rings. The molecule has 11 nitrogen and oxygen atoms in total. The van der Waals surface area contributed by atoms with Gasteiger partial charge in [-0.25, -0.2) is 0 Å². The Morgan fingerprint density at radius 2 is 1.19 bits per heavy atom. The third kappa shape index (κ3) is 19.8. The van der Waals surface area contributed by atoms with Crippen LogP contribution in [-0.4, -0.2) is 131 Å². The Labute approximate surface area is 316 Å². The van der Waals surface area contributed by atoms with Gasteiger partial charge < -0.3 is 36.4 Å². The number of hydrogen-bond donors (Lipinski definition) is 7. The van der Waals surface area contributed by atoms with Gasteiger partial charge in [0, 0.05) is 50.5 Å². The van der Waals surface area contributed by atoms with Crippen LogP contribution in [0.2, 0.25) is 0 Å². The zero-order valence-electron chi connectivity index (χ0n) is 33.8. The highest BCUT2D eigenvalue weighted by Gasteiger charge is 2.33. The van der Waals surface area contributed by atoms with Crippen LogP contribution in [0.4, 0.5) is 0 Å². The Bertz CT molecular complexity index is 1050. The standard InChI is InChI=1S/C41H77N5O6/c1-9-17-33(10-2)39(50)29-45(26-34(47)11-3)24-14-12-19-35-40(51)44-36(41(52)43-35)20-13-15-25-46(27-37(48)31(6)18-16-23-42-8)28-38(49)32(7)22-21-30(4)5/h9,16-18,21-22,30-39,42,47-50H,10-15,19-20,23-29H2,1-8H3,(H,43,52)(H,44,51)/b17-9-,18-16-,22-21-. The summed E-state index contributed by atoms with van der Waals surface area (Å²) in [7, 11) is 1.88. The summed E-state index contributed by atoms with van der Waals surface area (Å²) in [5.41, 5.74) is 0. The van der Waals surface area contributed by atoms with Crippen LogP contribution in [0.5, 0.6) is 0 Å². The normalized spacial score (nSPS) is 21.3. The Balaban J connectivity index is 2.66. The minimum absolute atomic E-state index is 0.0216. The van der Waals surface area contributed by atoms with E-state index in [1.54, 1.807) is 0 Å². The number of rotatable bonds is 29.